The van der Waals surface area contributed by atoms with E-state index in [9.17, 15) is 14.9 Å². The van der Waals surface area contributed by atoms with E-state index in [2.05, 4.69) is 6.07 Å². The third-order valence-corrected chi connectivity index (χ3v) is 5.04. The first-order chi connectivity index (χ1) is 13.2. The molecule has 1 aromatic rings. The number of piperidine rings is 1. The Bertz CT molecular complexity index is 822. The highest BCUT2D eigenvalue weighted by Crippen LogP contribution is 2.43. The number of amides is 2. The number of fused-ring (bicyclic) bond motifs is 1. The highest BCUT2D eigenvalue weighted by Gasteiger charge is 2.37. The number of methoxy groups -OCH3 is 1. The van der Waals surface area contributed by atoms with Crippen molar-refractivity contribution in [1.82, 2.24) is 4.90 Å². The van der Waals surface area contributed by atoms with Crippen LogP contribution in [0.2, 0.25) is 0 Å². The number of rotatable bonds is 3. The number of ether oxygens (including phenoxy) is 2. The van der Waals surface area contributed by atoms with Gasteiger partial charge in [0.25, 0.3) is 0 Å². The van der Waals surface area contributed by atoms with Gasteiger partial charge in [-0.15, -0.1) is 0 Å². The lowest BCUT2D eigenvalue weighted by Crippen LogP contribution is -2.35. The Morgan fingerprint density at radius 3 is 2.68 bits per heavy atom. The molecule has 1 unspecified atom stereocenters. The predicted molar refractivity (Wildman–Crippen MR) is 104 cm³/mol. The van der Waals surface area contributed by atoms with Crippen LogP contribution in [0.25, 0.3) is 0 Å². The van der Waals surface area contributed by atoms with Crippen LogP contribution in [0.1, 0.15) is 63.6 Å². The van der Waals surface area contributed by atoms with Gasteiger partial charge in [0.1, 0.15) is 11.4 Å². The Balaban J connectivity index is 1.98. The summed E-state index contributed by atoms with van der Waals surface area (Å²) < 4.78 is 11.1. The Labute approximate surface area is 165 Å². The maximum Gasteiger partial charge on any atom is 0.411 e. The molecule has 2 amide bonds. The normalized spacial score (nSPS) is 19.2. The van der Waals surface area contributed by atoms with Gasteiger partial charge in [0.2, 0.25) is 5.91 Å². The Morgan fingerprint density at radius 1 is 1.32 bits per heavy atom. The summed E-state index contributed by atoms with van der Waals surface area (Å²) in [4.78, 5) is 28.5. The summed E-state index contributed by atoms with van der Waals surface area (Å²) in [5.74, 6) is 0.669. The number of carbonyl (C=O) groups excluding carboxylic acids is 2. The van der Waals surface area contributed by atoms with Crippen LogP contribution in [0.15, 0.2) is 12.1 Å². The first-order valence-corrected chi connectivity index (χ1v) is 9.63. The van der Waals surface area contributed by atoms with E-state index >= 15 is 0 Å². The van der Waals surface area contributed by atoms with Gasteiger partial charge in [0.05, 0.1) is 37.9 Å². The van der Waals surface area contributed by atoms with Crippen molar-refractivity contribution in [3.8, 4) is 11.8 Å². The van der Waals surface area contributed by atoms with Crippen molar-refractivity contribution in [3.05, 3.63) is 23.3 Å². The summed E-state index contributed by atoms with van der Waals surface area (Å²) in [6, 6.07) is 5.56. The topological polar surface area (TPSA) is 82.9 Å². The summed E-state index contributed by atoms with van der Waals surface area (Å²) in [6.07, 6.45) is 2.10. The van der Waals surface area contributed by atoms with Crippen molar-refractivity contribution in [2.75, 3.05) is 18.6 Å². The molecule has 0 radical (unpaired) electrons. The Kier molecular flexibility index (Phi) is 5.50. The number of hydrogen-bond donors (Lipinski definition) is 0. The van der Waals surface area contributed by atoms with Crippen molar-refractivity contribution in [2.24, 2.45) is 0 Å². The van der Waals surface area contributed by atoms with Gasteiger partial charge in [0, 0.05) is 13.0 Å². The molecule has 1 saturated heterocycles. The van der Waals surface area contributed by atoms with E-state index in [0.717, 1.165) is 29.7 Å². The molecule has 0 aromatic heterocycles. The van der Waals surface area contributed by atoms with Crippen LogP contribution in [-0.2, 0) is 16.1 Å². The molecule has 0 saturated carbocycles. The summed E-state index contributed by atoms with van der Waals surface area (Å²) in [7, 11) is 1.57. The zero-order valence-electron chi connectivity index (χ0n) is 16.9. The van der Waals surface area contributed by atoms with Crippen LogP contribution in [0.4, 0.5) is 10.5 Å². The Hall–Kier alpha value is -2.75. The van der Waals surface area contributed by atoms with Crippen LogP contribution in [0, 0.1) is 11.3 Å². The van der Waals surface area contributed by atoms with E-state index in [1.807, 2.05) is 32.9 Å². The van der Waals surface area contributed by atoms with Gasteiger partial charge in [-0.05, 0) is 56.9 Å². The molecule has 0 bridgehead atoms. The smallest absolute Gasteiger partial charge is 0.411 e. The second-order valence-corrected chi connectivity index (χ2v) is 8.21. The molecule has 7 nitrogen and oxygen atoms in total. The zero-order valence-corrected chi connectivity index (χ0v) is 16.9. The first-order valence-electron chi connectivity index (χ1n) is 9.63. The van der Waals surface area contributed by atoms with E-state index in [1.165, 1.54) is 0 Å². The molecule has 7 heteroatoms. The second kappa shape index (κ2) is 7.70. The summed E-state index contributed by atoms with van der Waals surface area (Å²) >= 11 is 0. The number of carbonyl (C=O) groups is 2. The van der Waals surface area contributed by atoms with Crippen molar-refractivity contribution in [1.29, 1.82) is 5.26 Å². The van der Waals surface area contributed by atoms with Crippen LogP contribution in [0.3, 0.4) is 0 Å². The molecular formula is C21H27N3O4. The first kappa shape index (κ1) is 20.0. The van der Waals surface area contributed by atoms with E-state index in [-0.39, 0.29) is 12.3 Å². The van der Waals surface area contributed by atoms with Crippen molar-refractivity contribution >= 4 is 17.7 Å². The molecule has 2 aliphatic heterocycles. The van der Waals surface area contributed by atoms with E-state index in [1.54, 1.807) is 16.9 Å². The van der Waals surface area contributed by atoms with Gasteiger partial charge in [-0.3, -0.25) is 9.69 Å². The molecular weight excluding hydrogens is 358 g/mol. The zero-order chi connectivity index (χ0) is 20.5. The summed E-state index contributed by atoms with van der Waals surface area (Å²) in [5.41, 5.74) is 1.90. The quantitative estimate of drug-likeness (QED) is 0.787. The van der Waals surface area contributed by atoms with Crippen LogP contribution < -0.4 is 9.64 Å². The molecule has 0 spiro atoms. The standard InChI is InChI=1S/C21H27N3O4/c1-21(2,3)28-20(26)24-13-14-11-17(23-10-6-5-7-19(23)25)18(27-4)12-15(14)16(24)8-9-22/h11-12,16H,5-8,10,13H2,1-4H3. The van der Waals surface area contributed by atoms with Gasteiger partial charge >= 0.3 is 6.09 Å². The second-order valence-electron chi connectivity index (χ2n) is 8.21. The third kappa shape index (κ3) is 3.91. The SMILES string of the molecule is COc1cc2c(cc1N1CCCCC1=O)CN(C(=O)OC(C)(C)C)C2CC#N. The van der Waals surface area contributed by atoms with E-state index in [4.69, 9.17) is 9.47 Å². The van der Waals surface area contributed by atoms with Crippen LogP contribution in [0.5, 0.6) is 5.75 Å². The lowest BCUT2D eigenvalue weighted by molar-refractivity contribution is -0.119. The van der Waals surface area contributed by atoms with Gasteiger partial charge in [-0.25, -0.2) is 4.79 Å². The highest BCUT2D eigenvalue weighted by molar-refractivity contribution is 5.95. The average Bonchev–Trinajstić information content (AvgIpc) is 2.98. The summed E-state index contributed by atoms with van der Waals surface area (Å²) in [5, 5.41) is 9.29. The lowest BCUT2D eigenvalue weighted by Gasteiger charge is -2.29. The van der Waals surface area contributed by atoms with Gasteiger partial charge in [0.15, 0.2) is 0 Å². The third-order valence-electron chi connectivity index (χ3n) is 5.04. The van der Waals surface area contributed by atoms with E-state index < -0.39 is 17.7 Å². The van der Waals surface area contributed by atoms with E-state index in [0.29, 0.717) is 25.3 Å². The molecule has 150 valence electrons. The van der Waals surface area contributed by atoms with Gasteiger partial charge < -0.3 is 14.4 Å². The maximum atomic E-state index is 12.7. The van der Waals surface area contributed by atoms with Crippen LogP contribution >= 0.6 is 0 Å². The molecule has 0 aliphatic carbocycles. The maximum absolute atomic E-state index is 12.7. The molecule has 2 heterocycles. The highest BCUT2D eigenvalue weighted by atomic mass is 16.6. The Morgan fingerprint density at radius 2 is 2.07 bits per heavy atom. The van der Waals surface area contributed by atoms with Gasteiger partial charge in [-0.1, -0.05) is 0 Å². The number of nitrogens with zero attached hydrogens (tertiary/aromatic N) is 3. The monoisotopic (exact) mass is 385 g/mol. The molecule has 1 fully saturated rings. The lowest BCUT2D eigenvalue weighted by atomic mass is 10.00. The fraction of sp³-hybridized carbons (Fsp3) is 0.571. The average molecular weight is 385 g/mol. The minimum atomic E-state index is -0.619. The fourth-order valence-corrected chi connectivity index (χ4v) is 3.79. The number of benzene rings is 1. The minimum absolute atomic E-state index is 0.0834. The molecule has 1 aromatic carbocycles. The molecule has 0 N–H and O–H groups in total. The van der Waals surface area contributed by atoms with Crippen molar-refractivity contribution in [3.63, 3.8) is 0 Å². The molecule has 3 rings (SSSR count). The van der Waals surface area contributed by atoms with Crippen molar-refractivity contribution in [2.45, 2.75) is 64.6 Å². The summed E-state index contributed by atoms with van der Waals surface area (Å²) in [6.45, 7) is 6.45. The predicted octanol–water partition coefficient (Wildman–Crippen LogP) is 3.92. The van der Waals surface area contributed by atoms with Gasteiger partial charge in [-0.2, -0.15) is 5.26 Å². The molecule has 28 heavy (non-hydrogen) atoms. The number of hydrogen-bond acceptors (Lipinski definition) is 5. The molecule has 1 atom stereocenters. The molecule has 2 aliphatic rings. The largest absolute Gasteiger partial charge is 0.495 e. The van der Waals surface area contributed by atoms with Crippen LogP contribution in [-0.4, -0.2) is 36.2 Å². The number of nitriles is 1. The fourth-order valence-electron chi connectivity index (χ4n) is 3.79. The van der Waals surface area contributed by atoms with Crippen molar-refractivity contribution < 1.29 is 19.1 Å². The minimum Gasteiger partial charge on any atom is -0.495 e. The number of anilines is 1.